The summed E-state index contributed by atoms with van der Waals surface area (Å²) in [4.78, 5) is 1.52. The molecule has 0 aliphatic heterocycles. The number of nitrogens with one attached hydrogen (secondary N) is 1. The first kappa shape index (κ1) is 13.9. The molecule has 1 saturated carbocycles. The molecule has 1 nitrogen and oxygen atoms in total. The number of fused-ring (bicyclic) bond motifs is 1. The Morgan fingerprint density at radius 2 is 2.11 bits per heavy atom. The Hall–Kier alpha value is -0.0500. The van der Waals surface area contributed by atoms with Crippen molar-refractivity contribution in [3.8, 4) is 0 Å². The maximum atomic E-state index is 6.18. The van der Waals surface area contributed by atoms with Gasteiger partial charge in [0.25, 0.3) is 0 Å². The lowest BCUT2D eigenvalue weighted by Gasteiger charge is -2.32. The molecule has 106 valence electrons. The van der Waals surface area contributed by atoms with E-state index in [1.807, 2.05) is 0 Å². The van der Waals surface area contributed by atoms with E-state index < -0.39 is 0 Å². The molecule has 0 bridgehead atoms. The first-order valence-electron chi connectivity index (χ1n) is 7.75. The third kappa shape index (κ3) is 3.17. The highest BCUT2D eigenvalue weighted by Crippen LogP contribution is 2.38. The van der Waals surface area contributed by atoms with Crippen molar-refractivity contribution in [1.29, 1.82) is 0 Å². The van der Waals surface area contributed by atoms with Gasteiger partial charge in [-0.15, -0.1) is 11.3 Å². The topological polar surface area (TPSA) is 12.0 Å². The molecule has 2 aliphatic rings. The zero-order chi connectivity index (χ0) is 13.2. The number of halogens is 1. The second-order valence-corrected chi connectivity index (χ2v) is 8.07. The molecular formula is C16H24ClNS. The Bertz CT molecular complexity index is 428. The standard InChI is InChI=1S/C16H24ClNS/c1-11-5-2-3-6-12(11)10-18-14-7-4-8-15-13(14)9-16(17)19-15/h9,11-12,14,18H,2-8,10H2,1H3. The van der Waals surface area contributed by atoms with Gasteiger partial charge in [0, 0.05) is 10.9 Å². The fourth-order valence-electron chi connectivity index (χ4n) is 3.72. The summed E-state index contributed by atoms with van der Waals surface area (Å²) in [6.45, 7) is 3.62. The Balaban J connectivity index is 1.61. The van der Waals surface area contributed by atoms with Gasteiger partial charge in [0.2, 0.25) is 0 Å². The molecule has 0 saturated heterocycles. The molecule has 0 aromatic carbocycles. The molecule has 3 atom stereocenters. The molecule has 3 heteroatoms. The van der Waals surface area contributed by atoms with Crippen LogP contribution in [-0.4, -0.2) is 6.54 Å². The van der Waals surface area contributed by atoms with Crippen LogP contribution in [0.2, 0.25) is 4.34 Å². The van der Waals surface area contributed by atoms with Crippen molar-refractivity contribution < 1.29 is 0 Å². The summed E-state index contributed by atoms with van der Waals surface area (Å²) < 4.78 is 0.963. The lowest BCUT2D eigenvalue weighted by atomic mass is 9.80. The predicted molar refractivity (Wildman–Crippen MR) is 84.1 cm³/mol. The van der Waals surface area contributed by atoms with Gasteiger partial charge in [0.1, 0.15) is 0 Å². The Labute approximate surface area is 125 Å². The van der Waals surface area contributed by atoms with Crippen LogP contribution in [-0.2, 0) is 6.42 Å². The van der Waals surface area contributed by atoms with Gasteiger partial charge in [-0.25, -0.2) is 0 Å². The van der Waals surface area contributed by atoms with E-state index in [9.17, 15) is 0 Å². The zero-order valence-corrected chi connectivity index (χ0v) is 13.3. The van der Waals surface area contributed by atoms with Gasteiger partial charge in [0.05, 0.1) is 4.34 Å². The van der Waals surface area contributed by atoms with Crippen molar-refractivity contribution >= 4 is 22.9 Å². The van der Waals surface area contributed by atoms with Crippen LogP contribution in [0.25, 0.3) is 0 Å². The highest BCUT2D eigenvalue weighted by Gasteiger charge is 2.25. The Morgan fingerprint density at radius 1 is 1.26 bits per heavy atom. The molecule has 1 fully saturated rings. The van der Waals surface area contributed by atoms with Crippen molar-refractivity contribution in [2.24, 2.45) is 11.8 Å². The fraction of sp³-hybridized carbons (Fsp3) is 0.750. The number of rotatable bonds is 3. The lowest BCUT2D eigenvalue weighted by molar-refractivity contribution is 0.238. The van der Waals surface area contributed by atoms with E-state index in [1.165, 1.54) is 61.9 Å². The first-order chi connectivity index (χ1) is 9.24. The summed E-state index contributed by atoms with van der Waals surface area (Å²) in [5.41, 5.74) is 1.49. The maximum absolute atomic E-state index is 6.18. The largest absolute Gasteiger partial charge is 0.310 e. The average Bonchev–Trinajstić information content (AvgIpc) is 2.78. The van der Waals surface area contributed by atoms with E-state index in [1.54, 1.807) is 11.3 Å². The Kier molecular flexibility index (Phi) is 4.51. The molecule has 1 aromatic rings. The van der Waals surface area contributed by atoms with Crippen LogP contribution in [0.1, 0.15) is 61.9 Å². The molecule has 19 heavy (non-hydrogen) atoms. The van der Waals surface area contributed by atoms with E-state index in [2.05, 4.69) is 18.3 Å². The molecule has 3 rings (SSSR count). The first-order valence-corrected chi connectivity index (χ1v) is 8.95. The molecule has 0 amide bonds. The van der Waals surface area contributed by atoms with E-state index in [0.717, 1.165) is 16.2 Å². The van der Waals surface area contributed by atoms with Crippen LogP contribution >= 0.6 is 22.9 Å². The van der Waals surface area contributed by atoms with E-state index in [-0.39, 0.29) is 0 Å². The molecule has 0 spiro atoms. The highest BCUT2D eigenvalue weighted by molar-refractivity contribution is 7.16. The maximum Gasteiger partial charge on any atom is 0.0934 e. The SMILES string of the molecule is CC1CCCCC1CNC1CCCc2sc(Cl)cc21. The summed E-state index contributed by atoms with van der Waals surface area (Å²) in [7, 11) is 0. The van der Waals surface area contributed by atoms with Crippen LogP contribution in [0.3, 0.4) is 0 Å². The minimum absolute atomic E-state index is 0.557. The van der Waals surface area contributed by atoms with Gasteiger partial charge in [-0.3, -0.25) is 0 Å². The lowest BCUT2D eigenvalue weighted by Crippen LogP contribution is -2.33. The van der Waals surface area contributed by atoms with Crippen LogP contribution in [0.4, 0.5) is 0 Å². The minimum Gasteiger partial charge on any atom is -0.310 e. The molecule has 1 aromatic heterocycles. The summed E-state index contributed by atoms with van der Waals surface area (Å²) >= 11 is 7.96. The van der Waals surface area contributed by atoms with Gasteiger partial charge in [-0.05, 0) is 55.7 Å². The van der Waals surface area contributed by atoms with Crippen LogP contribution < -0.4 is 5.32 Å². The average molecular weight is 298 g/mol. The summed E-state index contributed by atoms with van der Waals surface area (Å²) in [6.07, 6.45) is 9.51. The molecule has 3 unspecified atom stereocenters. The predicted octanol–water partition coefficient (Wildman–Crippen LogP) is 5.19. The molecule has 0 radical (unpaired) electrons. The summed E-state index contributed by atoms with van der Waals surface area (Å²) in [5.74, 6) is 1.78. The third-order valence-corrected chi connectivity index (χ3v) is 6.34. The summed E-state index contributed by atoms with van der Waals surface area (Å²) in [5, 5.41) is 3.84. The smallest absolute Gasteiger partial charge is 0.0934 e. The van der Waals surface area contributed by atoms with Crippen LogP contribution in [0.5, 0.6) is 0 Å². The van der Waals surface area contributed by atoms with E-state index in [0.29, 0.717) is 6.04 Å². The van der Waals surface area contributed by atoms with Crippen molar-refractivity contribution in [2.45, 2.75) is 57.9 Å². The van der Waals surface area contributed by atoms with Crippen LogP contribution in [0, 0.1) is 11.8 Å². The highest BCUT2D eigenvalue weighted by atomic mass is 35.5. The normalized spacial score (nSPS) is 31.2. The van der Waals surface area contributed by atoms with Gasteiger partial charge in [-0.1, -0.05) is 37.8 Å². The van der Waals surface area contributed by atoms with Crippen molar-refractivity contribution in [3.63, 3.8) is 0 Å². The monoisotopic (exact) mass is 297 g/mol. The van der Waals surface area contributed by atoms with Gasteiger partial charge in [0.15, 0.2) is 0 Å². The number of hydrogen-bond acceptors (Lipinski definition) is 2. The number of thiophene rings is 1. The van der Waals surface area contributed by atoms with Crippen molar-refractivity contribution in [2.75, 3.05) is 6.54 Å². The number of aryl methyl sites for hydroxylation is 1. The summed E-state index contributed by atoms with van der Waals surface area (Å²) in [6, 6.07) is 2.75. The van der Waals surface area contributed by atoms with Gasteiger partial charge >= 0.3 is 0 Å². The van der Waals surface area contributed by atoms with E-state index >= 15 is 0 Å². The minimum atomic E-state index is 0.557. The third-order valence-electron chi connectivity index (χ3n) is 5.00. The molecular weight excluding hydrogens is 274 g/mol. The zero-order valence-electron chi connectivity index (χ0n) is 11.8. The van der Waals surface area contributed by atoms with Gasteiger partial charge in [-0.2, -0.15) is 0 Å². The van der Waals surface area contributed by atoms with Gasteiger partial charge < -0.3 is 5.32 Å². The Morgan fingerprint density at radius 3 is 2.95 bits per heavy atom. The fourth-order valence-corrected chi connectivity index (χ4v) is 5.11. The number of hydrogen-bond donors (Lipinski definition) is 1. The second kappa shape index (κ2) is 6.15. The van der Waals surface area contributed by atoms with E-state index in [4.69, 9.17) is 11.6 Å². The molecule has 1 N–H and O–H groups in total. The second-order valence-electron chi connectivity index (χ2n) is 6.30. The quantitative estimate of drug-likeness (QED) is 0.809. The molecule has 1 heterocycles. The van der Waals surface area contributed by atoms with Crippen molar-refractivity contribution in [3.05, 3.63) is 20.8 Å². The van der Waals surface area contributed by atoms with Crippen molar-refractivity contribution in [1.82, 2.24) is 5.32 Å². The van der Waals surface area contributed by atoms with Crippen LogP contribution in [0.15, 0.2) is 6.07 Å². The molecule has 2 aliphatic carbocycles.